The Morgan fingerprint density at radius 3 is 2.42 bits per heavy atom. The van der Waals surface area contributed by atoms with Crippen LogP contribution in [0.15, 0.2) is 42.5 Å². The van der Waals surface area contributed by atoms with E-state index in [0.717, 1.165) is 21.6 Å². The molecule has 0 aliphatic rings. The van der Waals surface area contributed by atoms with Gasteiger partial charge in [0, 0.05) is 10.0 Å². The number of H-pyrrole nitrogens is 1. The van der Waals surface area contributed by atoms with Crippen molar-refractivity contribution in [1.29, 1.82) is 0 Å². The van der Waals surface area contributed by atoms with E-state index in [9.17, 15) is 0 Å². The molecule has 2 aromatic carbocycles. The number of imidazole rings is 1. The molecule has 3 aromatic rings. The van der Waals surface area contributed by atoms with Crippen LogP contribution in [0.2, 0.25) is 10.0 Å². The third-order valence-corrected chi connectivity index (χ3v) is 3.80. The molecular weight excluding hydrogens is 299 g/mol. The predicted octanol–water partition coefficient (Wildman–Crippen LogP) is 5.05. The Balaban J connectivity index is 2.09. The van der Waals surface area contributed by atoms with Crippen molar-refractivity contribution in [1.82, 2.24) is 9.55 Å². The van der Waals surface area contributed by atoms with E-state index in [1.807, 2.05) is 47.0 Å². The summed E-state index contributed by atoms with van der Waals surface area (Å²) in [6, 6.07) is 13.4. The standard InChI is InChI=1S/C14H10Cl2N2S/c15-10-3-1-9(2-4-10)8-18-13-7-11(16)5-6-12(13)17-14(18)19/h1-7H,8H2,(H,17,19). The number of aromatic nitrogens is 2. The molecule has 1 N–H and O–H groups in total. The van der Waals surface area contributed by atoms with E-state index in [1.54, 1.807) is 0 Å². The number of nitrogens with one attached hydrogen (secondary N) is 1. The van der Waals surface area contributed by atoms with Gasteiger partial charge in [0.15, 0.2) is 4.77 Å². The minimum absolute atomic E-state index is 0.687. The van der Waals surface area contributed by atoms with Gasteiger partial charge < -0.3 is 9.55 Å². The normalized spacial score (nSPS) is 11.1. The summed E-state index contributed by atoms with van der Waals surface area (Å²) in [5.41, 5.74) is 3.14. The third kappa shape index (κ3) is 2.54. The van der Waals surface area contributed by atoms with Gasteiger partial charge in [-0.1, -0.05) is 35.3 Å². The Morgan fingerprint density at radius 1 is 1.00 bits per heavy atom. The van der Waals surface area contributed by atoms with Crippen molar-refractivity contribution >= 4 is 46.5 Å². The highest BCUT2D eigenvalue weighted by molar-refractivity contribution is 7.71. The summed E-state index contributed by atoms with van der Waals surface area (Å²) in [7, 11) is 0. The van der Waals surface area contributed by atoms with Crippen molar-refractivity contribution in [2.45, 2.75) is 6.54 Å². The number of halogens is 2. The van der Waals surface area contributed by atoms with Gasteiger partial charge in [-0.2, -0.15) is 0 Å². The number of aromatic amines is 1. The van der Waals surface area contributed by atoms with Gasteiger partial charge in [-0.25, -0.2) is 0 Å². The molecule has 0 saturated carbocycles. The van der Waals surface area contributed by atoms with Crippen LogP contribution >= 0.6 is 35.4 Å². The van der Waals surface area contributed by atoms with Crippen LogP contribution in [-0.4, -0.2) is 9.55 Å². The van der Waals surface area contributed by atoms with Crippen LogP contribution in [-0.2, 0) is 6.54 Å². The number of hydrogen-bond acceptors (Lipinski definition) is 1. The summed E-state index contributed by atoms with van der Waals surface area (Å²) in [4.78, 5) is 3.18. The highest BCUT2D eigenvalue weighted by atomic mass is 35.5. The molecule has 0 fully saturated rings. The molecule has 2 nitrogen and oxygen atoms in total. The fourth-order valence-corrected chi connectivity index (χ4v) is 2.62. The first-order chi connectivity index (χ1) is 9.13. The summed E-state index contributed by atoms with van der Waals surface area (Å²) in [5, 5.41) is 1.43. The minimum atomic E-state index is 0.687. The van der Waals surface area contributed by atoms with Crippen LogP contribution in [0, 0.1) is 4.77 Å². The molecule has 5 heteroatoms. The first-order valence-electron chi connectivity index (χ1n) is 5.76. The lowest BCUT2D eigenvalue weighted by Gasteiger charge is -2.05. The maximum absolute atomic E-state index is 6.04. The zero-order chi connectivity index (χ0) is 13.4. The second kappa shape index (κ2) is 5.00. The molecule has 0 bridgehead atoms. The molecule has 0 amide bonds. The summed E-state index contributed by atoms with van der Waals surface area (Å²) >= 11 is 17.3. The Bertz CT molecular complexity index is 787. The second-order valence-corrected chi connectivity index (χ2v) is 5.56. The van der Waals surface area contributed by atoms with Gasteiger partial charge in [0.05, 0.1) is 17.6 Å². The lowest BCUT2D eigenvalue weighted by Crippen LogP contribution is -1.99. The summed E-state index contributed by atoms with van der Waals surface area (Å²) in [6.07, 6.45) is 0. The molecular formula is C14H10Cl2N2S. The lowest BCUT2D eigenvalue weighted by molar-refractivity contribution is 0.810. The quantitative estimate of drug-likeness (QED) is 0.657. The average molecular weight is 309 g/mol. The Kier molecular flexibility index (Phi) is 3.35. The largest absolute Gasteiger partial charge is 0.331 e. The monoisotopic (exact) mass is 308 g/mol. The van der Waals surface area contributed by atoms with Crippen molar-refractivity contribution in [2.24, 2.45) is 0 Å². The van der Waals surface area contributed by atoms with Gasteiger partial charge in [-0.3, -0.25) is 0 Å². The number of nitrogens with zero attached hydrogens (tertiary/aromatic N) is 1. The Morgan fingerprint density at radius 2 is 1.68 bits per heavy atom. The number of rotatable bonds is 2. The SMILES string of the molecule is S=c1[nH]c2ccc(Cl)cc2n1Cc1ccc(Cl)cc1. The highest BCUT2D eigenvalue weighted by Gasteiger charge is 2.05. The van der Waals surface area contributed by atoms with E-state index < -0.39 is 0 Å². The molecule has 0 atom stereocenters. The van der Waals surface area contributed by atoms with Crippen molar-refractivity contribution < 1.29 is 0 Å². The molecule has 0 aliphatic carbocycles. The third-order valence-electron chi connectivity index (χ3n) is 2.99. The van der Waals surface area contributed by atoms with E-state index in [4.69, 9.17) is 35.4 Å². The number of hydrogen-bond donors (Lipinski definition) is 1. The van der Waals surface area contributed by atoms with Gasteiger partial charge in [0.1, 0.15) is 0 Å². The van der Waals surface area contributed by atoms with Gasteiger partial charge in [-0.05, 0) is 48.1 Å². The summed E-state index contributed by atoms with van der Waals surface area (Å²) in [6.45, 7) is 0.691. The predicted molar refractivity (Wildman–Crippen MR) is 82.7 cm³/mol. The van der Waals surface area contributed by atoms with Crippen molar-refractivity contribution in [3.05, 3.63) is 62.8 Å². The van der Waals surface area contributed by atoms with Crippen LogP contribution in [0.25, 0.3) is 11.0 Å². The molecule has 0 spiro atoms. The molecule has 0 unspecified atom stereocenters. The number of fused-ring (bicyclic) bond motifs is 1. The van der Waals surface area contributed by atoms with Crippen LogP contribution < -0.4 is 0 Å². The van der Waals surface area contributed by atoms with E-state index in [1.165, 1.54) is 0 Å². The molecule has 19 heavy (non-hydrogen) atoms. The highest BCUT2D eigenvalue weighted by Crippen LogP contribution is 2.20. The van der Waals surface area contributed by atoms with Crippen molar-refractivity contribution in [2.75, 3.05) is 0 Å². The fraction of sp³-hybridized carbons (Fsp3) is 0.0714. The van der Waals surface area contributed by atoms with Crippen LogP contribution in [0.3, 0.4) is 0 Å². The van der Waals surface area contributed by atoms with Crippen LogP contribution in [0.5, 0.6) is 0 Å². The van der Waals surface area contributed by atoms with Crippen molar-refractivity contribution in [3.8, 4) is 0 Å². The van der Waals surface area contributed by atoms with Crippen LogP contribution in [0.4, 0.5) is 0 Å². The van der Waals surface area contributed by atoms with E-state index in [0.29, 0.717) is 16.3 Å². The number of benzene rings is 2. The molecule has 1 aromatic heterocycles. The molecule has 96 valence electrons. The molecule has 3 rings (SSSR count). The Labute approximate surface area is 125 Å². The van der Waals surface area contributed by atoms with Gasteiger partial charge in [-0.15, -0.1) is 0 Å². The van der Waals surface area contributed by atoms with Crippen molar-refractivity contribution in [3.63, 3.8) is 0 Å². The van der Waals surface area contributed by atoms with E-state index in [2.05, 4.69) is 4.98 Å². The van der Waals surface area contributed by atoms with E-state index >= 15 is 0 Å². The summed E-state index contributed by atoms with van der Waals surface area (Å²) < 4.78 is 2.71. The smallest absolute Gasteiger partial charge is 0.178 e. The minimum Gasteiger partial charge on any atom is -0.331 e. The molecule has 0 radical (unpaired) electrons. The van der Waals surface area contributed by atoms with E-state index in [-0.39, 0.29) is 0 Å². The van der Waals surface area contributed by atoms with Gasteiger partial charge >= 0.3 is 0 Å². The first-order valence-corrected chi connectivity index (χ1v) is 6.92. The van der Waals surface area contributed by atoms with Crippen LogP contribution in [0.1, 0.15) is 5.56 Å². The Hall–Kier alpha value is -1.29. The lowest BCUT2D eigenvalue weighted by atomic mass is 10.2. The zero-order valence-electron chi connectivity index (χ0n) is 9.86. The van der Waals surface area contributed by atoms with Gasteiger partial charge in [0.2, 0.25) is 0 Å². The maximum Gasteiger partial charge on any atom is 0.178 e. The fourth-order valence-electron chi connectivity index (χ4n) is 2.06. The maximum atomic E-state index is 6.04. The summed E-state index contributed by atoms with van der Waals surface area (Å²) in [5.74, 6) is 0. The molecule has 0 aliphatic heterocycles. The zero-order valence-corrected chi connectivity index (χ0v) is 12.2. The molecule has 0 saturated heterocycles. The average Bonchev–Trinajstić information content (AvgIpc) is 2.69. The van der Waals surface area contributed by atoms with Gasteiger partial charge in [0.25, 0.3) is 0 Å². The first kappa shape index (κ1) is 12.7. The molecule has 1 heterocycles. The topological polar surface area (TPSA) is 20.7 Å². The second-order valence-electron chi connectivity index (χ2n) is 4.30.